The van der Waals surface area contributed by atoms with Gasteiger partial charge in [-0.2, -0.15) is 0 Å². The Morgan fingerprint density at radius 3 is 1.19 bits per heavy atom. The van der Waals surface area contributed by atoms with Gasteiger partial charge in [0, 0.05) is 25.9 Å². The number of hydrogen-bond donors (Lipinski definition) is 1. The Morgan fingerprint density at radius 2 is 0.905 bits per heavy atom. The molecule has 0 fully saturated rings. The van der Waals surface area contributed by atoms with Crippen molar-refractivity contribution in [1.82, 2.24) is 0 Å². The van der Waals surface area contributed by atoms with E-state index in [1.54, 1.807) is 0 Å². The molecule has 21 heavy (non-hydrogen) atoms. The third-order valence-corrected chi connectivity index (χ3v) is 3.99. The Bertz CT molecular complexity index is 207. The van der Waals surface area contributed by atoms with Gasteiger partial charge in [-0.15, -0.1) is 0 Å². The van der Waals surface area contributed by atoms with Gasteiger partial charge in [0.25, 0.3) is 0 Å². The van der Waals surface area contributed by atoms with E-state index in [-0.39, 0.29) is 19.5 Å². The van der Waals surface area contributed by atoms with Crippen molar-refractivity contribution in [2.24, 2.45) is 0 Å². The molecule has 0 aromatic heterocycles. The molecule has 0 heterocycles. The van der Waals surface area contributed by atoms with Crippen LogP contribution in [0.15, 0.2) is 0 Å². The predicted octanol–water partition coefficient (Wildman–Crippen LogP) is 6.33. The summed E-state index contributed by atoms with van der Waals surface area (Å²) in [7, 11) is 0. The van der Waals surface area contributed by atoms with Gasteiger partial charge < -0.3 is 5.11 Å². The number of carboxylic acid groups (broad SMARTS) is 1. The standard InChI is InChI=1S/C18H36O2.Ru/c1-2-3-4-5-6-7-8-9-10-11-12-13-14-15-16-17-18(19)20;/h2-17H2,1H3,(H,19,20);. The molecule has 0 atom stereocenters. The summed E-state index contributed by atoms with van der Waals surface area (Å²) in [6, 6.07) is 0. The van der Waals surface area contributed by atoms with Crippen LogP contribution in [0.25, 0.3) is 0 Å². The van der Waals surface area contributed by atoms with Gasteiger partial charge in [-0.25, -0.2) is 0 Å². The number of hydrogen-bond acceptors (Lipinski definition) is 1. The van der Waals surface area contributed by atoms with Gasteiger partial charge in [0.1, 0.15) is 0 Å². The second-order valence-corrected chi connectivity index (χ2v) is 6.09. The molecule has 2 nitrogen and oxygen atoms in total. The summed E-state index contributed by atoms with van der Waals surface area (Å²) in [4.78, 5) is 10.3. The Morgan fingerprint density at radius 1 is 0.619 bits per heavy atom. The molecule has 0 rings (SSSR count). The maximum absolute atomic E-state index is 10.3. The Labute approximate surface area is 145 Å². The molecule has 0 bridgehead atoms. The first-order valence-electron chi connectivity index (χ1n) is 8.99. The summed E-state index contributed by atoms with van der Waals surface area (Å²) >= 11 is 0. The molecule has 0 aliphatic rings. The smallest absolute Gasteiger partial charge is 0.303 e. The first-order chi connectivity index (χ1) is 9.77. The normalized spacial score (nSPS) is 10.3. The maximum Gasteiger partial charge on any atom is 0.303 e. The molecular weight excluding hydrogens is 349 g/mol. The molecule has 0 saturated heterocycles. The van der Waals surface area contributed by atoms with Crippen molar-refractivity contribution >= 4 is 5.97 Å². The van der Waals surface area contributed by atoms with E-state index in [1.807, 2.05) is 0 Å². The third kappa shape index (κ3) is 22.5. The van der Waals surface area contributed by atoms with E-state index in [9.17, 15) is 4.79 Å². The summed E-state index contributed by atoms with van der Waals surface area (Å²) in [6.07, 6.45) is 20.2. The number of aliphatic carboxylic acids is 1. The zero-order valence-electron chi connectivity index (χ0n) is 14.0. The fourth-order valence-electron chi connectivity index (χ4n) is 2.65. The van der Waals surface area contributed by atoms with Crippen molar-refractivity contribution in [3.8, 4) is 0 Å². The van der Waals surface area contributed by atoms with Crippen LogP contribution in [0.5, 0.6) is 0 Å². The Kier molecular flexibility index (Phi) is 22.4. The topological polar surface area (TPSA) is 37.3 Å². The van der Waals surface area contributed by atoms with Crippen molar-refractivity contribution in [2.75, 3.05) is 0 Å². The van der Waals surface area contributed by atoms with E-state index in [4.69, 9.17) is 5.11 Å². The quantitative estimate of drug-likeness (QED) is 0.249. The second kappa shape index (κ2) is 20.1. The number of rotatable bonds is 16. The van der Waals surface area contributed by atoms with Crippen LogP contribution in [0.2, 0.25) is 0 Å². The van der Waals surface area contributed by atoms with Gasteiger partial charge >= 0.3 is 5.97 Å². The minimum Gasteiger partial charge on any atom is -0.481 e. The van der Waals surface area contributed by atoms with Crippen LogP contribution in [-0.4, -0.2) is 11.1 Å². The molecule has 0 radical (unpaired) electrons. The SMILES string of the molecule is CCCCCCCCCCCCCCCCCC(=O)O.[Ru]. The van der Waals surface area contributed by atoms with E-state index in [2.05, 4.69) is 6.92 Å². The van der Waals surface area contributed by atoms with Crippen molar-refractivity contribution in [2.45, 2.75) is 110 Å². The molecule has 3 heteroatoms. The summed E-state index contributed by atoms with van der Waals surface area (Å²) in [5, 5.41) is 8.52. The molecule has 1 N–H and O–H groups in total. The van der Waals surface area contributed by atoms with Gasteiger partial charge in [-0.05, 0) is 6.42 Å². The monoisotopic (exact) mass is 386 g/mol. The predicted molar refractivity (Wildman–Crippen MR) is 87.2 cm³/mol. The molecule has 0 aromatic rings. The summed E-state index contributed by atoms with van der Waals surface area (Å²) in [6.45, 7) is 2.27. The van der Waals surface area contributed by atoms with E-state index < -0.39 is 5.97 Å². The van der Waals surface area contributed by atoms with Crippen molar-refractivity contribution in [3.63, 3.8) is 0 Å². The maximum atomic E-state index is 10.3. The van der Waals surface area contributed by atoms with Crippen LogP contribution >= 0.6 is 0 Å². The van der Waals surface area contributed by atoms with Gasteiger partial charge in [0.15, 0.2) is 0 Å². The first-order valence-corrected chi connectivity index (χ1v) is 8.99. The molecule has 0 spiro atoms. The fraction of sp³-hybridized carbons (Fsp3) is 0.944. The van der Waals surface area contributed by atoms with Crippen LogP contribution < -0.4 is 0 Å². The molecule has 0 saturated carbocycles. The van der Waals surface area contributed by atoms with Crippen LogP contribution in [0, 0.1) is 0 Å². The van der Waals surface area contributed by atoms with Gasteiger partial charge in [0.2, 0.25) is 0 Å². The zero-order valence-corrected chi connectivity index (χ0v) is 15.8. The van der Waals surface area contributed by atoms with E-state index in [0.717, 1.165) is 12.8 Å². The summed E-state index contributed by atoms with van der Waals surface area (Å²) < 4.78 is 0. The summed E-state index contributed by atoms with van der Waals surface area (Å²) in [5.74, 6) is -0.653. The van der Waals surface area contributed by atoms with Gasteiger partial charge in [0.05, 0.1) is 0 Å². The largest absolute Gasteiger partial charge is 0.481 e. The minimum absolute atomic E-state index is 0. The molecule has 128 valence electrons. The molecular formula is C18H36O2Ru. The van der Waals surface area contributed by atoms with Gasteiger partial charge in [-0.3, -0.25) is 4.79 Å². The average Bonchev–Trinajstić information content (AvgIpc) is 2.43. The summed E-state index contributed by atoms with van der Waals surface area (Å²) in [5.41, 5.74) is 0. The molecule has 0 aliphatic carbocycles. The van der Waals surface area contributed by atoms with E-state index in [0.29, 0.717) is 6.42 Å². The average molecular weight is 386 g/mol. The van der Waals surface area contributed by atoms with Crippen LogP contribution in [-0.2, 0) is 24.3 Å². The fourth-order valence-corrected chi connectivity index (χ4v) is 2.65. The zero-order chi connectivity index (χ0) is 14.9. The number of unbranched alkanes of at least 4 members (excludes halogenated alkanes) is 14. The first kappa shape index (κ1) is 23.4. The van der Waals surface area contributed by atoms with Crippen molar-refractivity contribution in [3.05, 3.63) is 0 Å². The number of carbonyl (C=O) groups is 1. The van der Waals surface area contributed by atoms with Crippen molar-refractivity contribution < 1.29 is 29.4 Å². The van der Waals surface area contributed by atoms with Crippen LogP contribution in [0.3, 0.4) is 0 Å². The minimum atomic E-state index is -0.653. The van der Waals surface area contributed by atoms with E-state index >= 15 is 0 Å². The third-order valence-electron chi connectivity index (χ3n) is 3.99. The van der Waals surface area contributed by atoms with Crippen LogP contribution in [0.4, 0.5) is 0 Å². The van der Waals surface area contributed by atoms with Gasteiger partial charge in [-0.1, -0.05) is 96.8 Å². The number of carboxylic acids is 1. The Hall–Kier alpha value is 0.0934. The molecule has 0 unspecified atom stereocenters. The van der Waals surface area contributed by atoms with Crippen molar-refractivity contribution in [1.29, 1.82) is 0 Å². The van der Waals surface area contributed by atoms with E-state index in [1.165, 1.54) is 83.5 Å². The molecule has 0 aromatic carbocycles. The van der Waals surface area contributed by atoms with Crippen LogP contribution in [0.1, 0.15) is 110 Å². The molecule has 0 aliphatic heterocycles. The Balaban J connectivity index is 0. The molecule has 0 amide bonds. The second-order valence-electron chi connectivity index (χ2n) is 6.09.